The van der Waals surface area contributed by atoms with Crippen molar-refractivity contribution in [1.29, 1.82) is 0 Å². The Morgan fingerprint density at radius 2 is 1.33 bits per heavy atom. The van der Waals surface area contributed by atoms with Crippen LogP contribution < -0.4 is 0 Å². The Morgan fingerprint density at radius 3 is 1.87 bits per heavy atom. The summed E-state index contributed by atoms with van der Waals surface area (Å²) in [7, 11) is 0. The van der Waals surface area contributed by atoms with Crippen LogP contribution in [0.15, 0.2) is 0 Å². The zero-order chi connectivity index (χ0) is 10.3. The first-order valence-corrected chi connectivity index (χ1v) is 6.84. The summed E-state index contributed by atoms with van der Waals surface area (Å²) in [6.45, 7) is 6.50. The van der Waals surface area contributed by atoms with Gasteiger partial charge in [-0.25, -0.2) is 0 Å². The van der Waals surface area contributed by atoms with Gasteiger partial charge in [0.05, 0.1) is 6.67 Å². The van der Waals surface area contributed by atoms with Crippen LogP contribution in [0.2, 0.25) is 0 Å². The van der Waals surface area contributed by atoms with Gasteiger partial charge >= 0.3 is 0 Å². The van der Waals surface area contributed by atoms with Crippen LogP contribution in [0.3, 0.4) is 0 Å². The van der Waals surface area contributed by atoms with E-state index in [1.165, 1.54) is 58.3 Å². The second kappa shape index (κ2) is 4.06. The van der Waals surface area contributed by atoms with Crippen molar-refractivity contribution in [2.45, 2.75) is 57.5 Å². The molecule has 0 saturated carbocycles. The summed E-state index contributed by atoms with van der Waals surface area (Å²) < 4.78 is 0. The summed E-state index contributed by atoms with van der Waals surface area (Å²) in [4.78, 5) is 5.52. The molecule has 0 aromatic heterocycles. The first kappa shape index (κ1) is 10.1. The van der Waals surface area contributed by atoms with Gasteiger partial charge < -0.3 is 0 Å². The van der Waals surface area contributed by atoms with E-state index < -0.39 is 0 Å². The fraction of sp³-hybridized carbons (Fsp3) is 1.00. The molecule has 0 radical (unpaired) electrons. The lowest BCUT2D eigenvalue weighted by Gasteiger charge is -2.54. The summed E-state index contributed by atoms with van der Waals surface area (Å²) >= 11 is 0. The third-order valence-electron chi connectivity index (χ3n) is 4.91. The Morgan fingerprint density at radius 1 is 0.800 bits per heavy atom. The molecule has 2 nitrogen and oxygen atoms in total. The molecule has 86 valence electrons. The number of fused-ring (bicyclic) bond motifs is 2. The van der Waals surface area contributed by atoms with Gasteiger partial charge in [-0.05, 0) is 44.7 Å². The molecule has 0 bridgehead atoms. The summed E-state index contributed by atoms with van der Waals surface area (Å²) in [6.07, 6.45) is 8.73. The second-order valence-electron chi connectivity index (χ2n) is 5.75. The summed E-state index contributed by atoms with van der Waals surface area (Å²) in [5.41, 5.74) is 0. The van der Waals surface area contributed by atoms with Gasteiger partial charge in [0.25, 0.3) is 0 Å². The quantitative estimate of drug-likeness (QED) is 0.603. The normalized spacial score (nSPS) is 43.4. The average Bonchev–Trinajstić information content (AvgIpc) is 2.30. The largest absolute Gasteiger partial charge is 0.287 e. The lowest BCUT2D eigenvalue weighted by molar-refractivity contribution is -0.0697. The Hall–Kier alpha value is -0.0800. The minimum absolute atomic E-state index is 0.915. The molecule has 0 aromatic rings. The average molecular weight is 208 g/mol. The monoisotopic (exact) mass is 208 g/mol. The van der Waals surface area contributed by atoms with Gasteiger partial charge in [-0.1, -0.05) is 19.8 Å². The van der Waals surface area contributed by atoms with Crippen molar-refractivity contribution < 1.29 is 0 Å². The highest BCUT2D eigenvalue weighted by Gasteiger charge is 2.40. The van der Waals surface area contributed by atoms with Crippen LogP contribution >= 0.6 is 0 Å². The third kappa shape index (κ3) is 1.72. The van der Waals surface area contributed by atoms with Gasteiger partial charge in [0.15, 0.2) is 0 Å². The summed E-state index contributed by atoms with van der Waals surface area (Å²) in [5.74, 6) is 0.916. The van der Waals surface area contributed by atoms with Gasteiger partial charge in [0, 0.05) is 12.1 Å². The number of piperidine rings is 2. The molecular weight excluding hydrogens is 184 g/mol. The molecule has 0 aliphatic carbocycles. The highest BCUT2D eigenvalue weighted by Crippen LogP contribution is 2.35. The van der Waals surface area contributed by atoms with Crippen LogP contribution in [-0.4, -0.2) is 41.6 Å². The first-order chi connectivity index (χ1) is 7.36. The van der Waals surface area contributed by atoms with Crippen LogP contribution in [0.4, 0.5) is 0 Å². The molecule has 3 heterocycles. The molecule has 2 heteroatoms. The smallest absolute Gasteiger partial charge is 0.0511 e. The lowest BCUT2D eigenvalue weighted by Crippen LogP contribution is -2.62. The van der Waals surface area contributed by atoms with Crippen molar-refractivity contribution in [1.82, 2.24) is 9.80 Å². The highest BCUT2D eigenvalue weighted by atomic mass is 15.4. The first-order valence-electron chi connectivity index (χ1n) is 6.84. The molecular formula is C13H24N2. The Balaban J connectivity index is 1.76. The van der Waals surface area contributed by atoms with Crippen LogP contribution in [0.25, 0.3) is 0 Å². The molecule has 0 amide bonds. The fourth-order valence-electron chi connectivity index (χ4n) is 4.07. The summed E-state index contributed by atoms with van der Waals surface area (Å²) in [5, 5.41) is 0. The van der Waals surface area contributed by atoms with Crippen molar-refractivity contribution in [3.05, 3.63) is 0 Å². The lowest BCUT2D eigenvalue weighted by atomic mass is 9.80. The second-order valence-corrected chi connectivity index (χ2v) is 5.75. The summed E-state index contributed by atoms with van der Waals surface area (Å²) in [6, 6.07) is 1.83. The standard InChI is InChI=1S/C13H24N2/c1-11-12-6-2-4-8-14(12)10-15-9-5-3-7-13(11)15/h11-13H,2-10H2,1H3/t11?,12-,13+. The molecule has 3 rings (SSSR count). The molecule has 3 atom stereocenters. The van der Waals surface area contributed by atoms with Gasteiger partial charge in [-0.15, -0.1) is 0 Å². The van der Waals surface area contributed by atoms with Gasteiger partial charge in [-0.3, -0.25) is 9.80 Å². The topological polar surface area (TPSA) is 6.48 Å². The Labute approximate surface area is 93.6 Å². The highest BCUT2D eigenvalue weighted by molar-refractivity contribution is 4.94. The van der Waals surface area contributed by atoms with E-state index in [9.17, 15) is 0 Å². The van der Waals surface area contributed by atoms with E-state index in [4.69, 9.17) is 0 Å². The van der Waals surface area contributed by atoms with E-state index in [2.05, 4.69) is 16.7 Å². The van der Waals surface area contributed by atoms with Crippen LogP contribution in [-0.2, 0) is 0 Å². The third-order valence-corrected chi connectivity index (χ3v) is 4.91. The molecule has 3 fully saturated rings. The zero-order valence-electron chi connectivity index (χ0n) is 9.99. The van der Waals surface area contributed by atoms with E-state index in [0.29, 0.717) is 0 Å². The Kier molecular flexibility index (Phi) is 2.73. The van der Waals surface area contributed by atoms with E-state index in [-0.39, 0.29) is 0 Å². The Bertz CT molecular complexity index is 207. The van der Waals surface area contributed by atoms with Crippen molar-refractivity contribution in [3.63, 3.8) is 0 Å². The van der Waals surface area contributed by atoms with Crippen LogP contribution in [0.5, 0.6) is 0 Å². The molecule has 3 saturated heterocycles. The molecule has 1 unspecified atom stereocenters. The maximum Gasteiger partial charge on any atom is 0.0511 e. The molecule has 15 heavy (non-hydrogen) atoms. The van der Waals surface area contributed by atoms with Crippen molar-refractivity contribution >= 4 is 0 Å². The fourth-order valence-corrected chi connectivity index (χ4v) is 4.07. The van der Waals surface area contributed by atoms with Crippen molar-refractivity contribution in [2.75, 3.05) is 19.8 Å². The molecule has 3 aliphatic rings. The van der Waals surface area contributed by atoms with E-state index in [0.717, 1.165) is 18.0 Å². The maximum absolute atomic E-state index is 2.76. The van der Waals surface area contributed by atoms with E-state index in [1.54, 1.807) is 0 Å². The van der Waals surface area contributed by atoms with Gasteiger partial charge in [-0.2, -0.15) is 0 Å². The molecule has 0 aromatic carbocycles. The van der Waals surface area contributed by atoms with Gasteiger partial charge in [0.2, 0.25) is 0 Å². The number of rotatable bonds is 0. The minimum Gasteiger partial charge on any atom is -0.287 e. The predicted molar refractivity (Wildman–Crippen MR) is 62.7 cm³/mol. The maximum atomic E-state index is 2.76. The van der Waals surface area contributed by atoms with Crippen molar-refractivity contribution in [3.8, 4) is 0 Å². The molecule has 0 spiro atoms. The number of nitrogens with zero attached hydrogens (tertiary/aromatic N) is 2. The van der Waals surface area contributed by atoms with E-state index >= 15 is 0 Å². The van der Waals surface area contributed by atoms with Gasteiger partial charge in [0.1, 0.15) is 0 Å². The van der Waals surface area contributed by atoms with E-state index in [1.807, 2.05) is 0 Å². The van der Waals surface area contributed by atoms with Crippen LogP contribution in [0.1, 0.15) is 45.4 Å². The number of hydrogen-bond donors (Lipinski definition) is 0. The van der Waals surface area contributed by atoms with Crippen molar-refractivity contribution in [2.24, 2.45) is 5.92 Å². The number of hydrogen-bond acceptors (Lipinski definition) is 2. The molecule has 3 aliphatic heterocycles. The molecule has 0 N–H and O–H groups in total. The SMILES string of the molecule is CC1[C@H]2CCCCN2CN2CCCC[C@@H]12. The van der Waals surface area contributed by atoms with Crippen LogP contribution in [0, 0.1) is 5.92 Å². The predicted octanol–water partition coefficient (Wildman–Crippen LogP) is 2.30. The zero-order valence-corrected chi connectivity index (χ0v) is 9.99. The minimum atomic E-state index is 0.915.